The molecule has 0 unspecified atom stereocenters. The van der Waals surface area contributed by atoms with Gasteiger partial charge in [0.25, 0.3) is 0 Å². The van der Waals surface area contributed by atoms with E-state index in [1.807, 2.05) is 46.2 Å². The van der Waals surface area contributed by atoms with Gasteiger partial charge in [-0.05, 0) is 18.6 Å². The number of pyridine rings is 1. The predicted molar refractivity (Wildman–Crippen MR) is 68.1 cm³/mol. The summed E-state index contributed by atoms with van der Waals surface area (Å²) in [6.07, 6.45) is 5.85. The minimum atomic E-state index is 1.25. The van der Waals surface area contributed by atoms with Crippen molar-refractivity contribution in [1.82, 2.24) is 9.55 Å². The predicted octanol–water partition coefficient (Wildman–Crippen LogP) is 3.93. The SMILES string of the molecule is CC.CC.Cc1cn(C)c2ccncc12. The number of nitrogens with zero attached hydrogens (tertiary/aromatic N) is 2. The number of aryl methyl sites for hydroxylation is 2. The summed E-state index contributed by atoms with van der Waals surface area (Å²) in [6, 6.07) is 2.03. The van der Waals surface area contributed by atoms with Gasteiger partial charge in [0.1, 0.15) is 0 Å². The zero-order valence-corrected chi connectivity index (χ0v) is 10.7. The fraction of sp³-hybridized carbons (Fsp3) is 0.462. The summed E-state index contributed by atoms with van der Waals surface area (Å²) >= 11 is 0. The Balaban J connectivity index is 0.000000442. The Hall–Kier alpha value is -1.31. The van der Waals surface area contributed by atoms with Gasteiger partial charge in [0.05, 0.1) is 5.52 Å². The lowest BCUT2D eigenvalue weighted by Gasteiger charge is -1.92. The molecule has 2 nitrogen and oxygen atoms in total. The second kappa shape index (κ2) is 7.04. The molecule has 2 rings (SSSR count). The van der Waals surface area contributed by atoms with Crippen molar-refractivity contribution in [2.24, 2.45) is 7.05 Å². The van der Waals surface area contributed by atoms with Crippen LogP contribution in [-0.2, 0) is 7.05 Å². The maximum atomic E-state index is 4.07. The molecule has 0 atom stereocenters. The van der Waals surface area contributed by atoms with E-state index in [9.17, 15) is 0 Å². The molecule has 0 N–H and O–H groups in total. The Bertz CT molecular complexity index is 352. The van der Waals surface area contributed by atoms with Crippen LogP contribution in [0, 0.1) is 6.92 Å². The van der Waals surface area contributed by atoms with Crippen molar-refractivity contribution in [2.45, 2.75) is 34.6 Å². The van der Waals surface area contributed by atoms with Crippen LogP contribution in [-0.4, -0.2) is 9.55 Å². The summed E-state index contributed by atoms with van der Waals surface area (Å²) in [5, 5.41) is 1.25. The van der Waals surface area contributed by atoms with Gasteiger partial charge in [-0.2, -0.15) is 0 Å². The first kappa shape index (κ1) is 13.7. The van der Waals surface area contributed by atoms with E-state index in [2.05, 4.69) is 29.7 Å². The molecule has 0 saturated heterocycles. The van der Waals surface area contributed by atoms with Crippen LogP contribution < -0.4 is 0 Å². The van der Waals surface area contributed by atoms with Gasteiger partial charge in [0.15, 0.2) is 0 Å². The van der Waals surface area contributed by atoms with Crippen LogP contribution in [0.4, 0.5) is 0 Å². The second-order valence-electron chi connectivity index (χ2n) is 2.82. The normalized spacial score (nSPS) is 8.67. The van der Waals surface area contributed by atoms with Gasteiger partial charge in [0.2, 0.25) is 0 Å². The van der Waals surface area contributed by atoms with Gasteiger partial charge in [-0.3, -0.25) is 4.98 Å². The van der Waals surface area contributed by atoms with Crippen LogP contribution in [0.1, 0.15) is 33.3 Å². The van der Waals surface area contributed by atoms with E-state index in [-0.39, 0.29) is 0 Å². The van der Waals surface area contributed by atoms with E-state index in [4.69, 9.17) is 0 Å². The van der Waals surface area contributed by atoms with Gasteiger partial charge >= 0.3 is 0 Å². The van der Waals surface area contributed by atoms with E-state index in [1.54, 1.807) is 0 Å². The molecule has 0 fully saturated rings. The summed E-state index contributed by atoms with van der Waals surface area (Å²) in [5.41, 5.74) is 2.54. The third-order valence-corrected chi connectivity index (χ3v) is 1.99. The highest BCUT2D eigenvalue weighted by molar-refractivity contribution is 5.82. The molecular weight excluding hydrogens is 184 g/mol. The molecule has 0 aliphatic carbocycles. The minimum absolute atomic E-state index is 1.25. The quantitative estimate of drug-likeness (QED) is 0.638. The van der Waals surface area contributed by atoms with Crippen LogP contribution in [0.15, 0.2) is 24.7 Å². The number of hydrogen-bond acceptors (Lipinski definition) is 1. The summed E-state index contributed by atoms with van der Waals surface area (Å²) in [7, 11) is 2.05. The molecule has 0 radical (unpaired) electrons. The van der Waals surface area contributed by atoms with Crippen LogP contribution in [0.5, 0.6) is 0 Å². The summed E-state index contributed by atoms with van der Waals surface area (Å²) in [5.74, 6) is 0. The monoisotopic (exact) mass is 206 g/mol. The van der Waals surface area contributed by atoms with Gasteiger partial charge < -0.3 is 4.57 Å². The van der Waals surface area contributed by atoms with Gasteiger partial charge in [-0.1, -0.05) is 27.7 Å². The lowest BCUT2D eigenvalue weighted by Crippen LogP contribution is -1.82. The zero-order chi connectivity index (χ0) is 11.8. The largest absolute Gasteiger partial charge is 0.350 e. The molecule has 0 amide bonds. The number of hydrogen-bond donors (Lipinski definition) is 0. The number of aromatic nitrogens is 2. The maximum Gasteiger partial charge on any atom is 0.0511 e. The Morgan fingerprint density at radius 2 is 1.73 bits per heavy atom. The number of fused-ring (bicyclic) bond motifs is 1. The highest BCUT2D eigenvalue weighted by Gasteiger charge is 1.99. The third-order valence-electron chi connectivity index (χ3n) is 1.99. The topological polar surface area (TPSA) is 17.8 Å². The molecule has 2 heteroatoms. The van der Waals surface area contributed by atoms with Crippen molar-refractivity contribution in [2.75, 3.05) is 0 Å². The van der Waals surface area contributed by atoms with Gasteiger partial charge in [-0.15, -0.1) is 0 Å². The summed E-state index contributed by atoms with van der Waals surface area (Å²) in [4.78, 5) is 4.07. The molecule has 0 aromatic carbocycles. The van der Waals surface area contributed by atoms with E-state index >= 15 is 0 Å². The second-order valence-corrected chi connectivity index (χ2v) is 2.82. The summed E-state index contributed by atoms with van der Waals surface area (Å²) in [6.45, 7) is 10.1. The first-order valence-corrected chi connectivity index (χ1v) is 5.64. The Labute approximate surface area is 93.0 Å². The standard InChI is InChI=1S/C9H10N2.2C2H6/c1-7-6-11(2)9-3-4-10-5-8(7)9;2*1-2/h3-6H,1-2H3;2*1-2H3. The zero-order valence-electron chi connectivity index (χ0n) is 10.7. The van der Waals surface area contributed by atoms with Crippen molar-refractivity contribution < 1.29 is 0 Å². The Morgan fingerprint density at radius 3 is 2.27 bits per heavy atom. The van der Waals surface area contributed by atoms with Crippen LogP contribution in [0.3, 0.4) is 0 Å². The lowest BCUT2D eigenvalue weighted by molar-refractivity contribution is 0.963. The van der Waals surface area contributed by atoms with E-state index in [1.165, 1.54) is 16.5 Å². The molecular formula is C13H22N2. The molecule has 0 aliphatic rings. The highest BCUT2D eigenvalue weighted by atomic mass is 14.9. The molecule has 0 bridgehead atoms. The molecule has 0 saturated carbocycles. The third kappa shape index (κ3) is 3.08. The van der Waals surface area contributed by atoms with Crippen LogP contribution >= 0.6 is 0 Å². The average molecular weight is 206 g/mol. The van der Waals surface area contributed by atoms with Crippen molar-refractivity contribution >= 4 is 10.9 Å². The summed E-state index contributed by atoms with van der Waals surface area (Å²) < 4.78 is 2.12. The van der Waals surface area contributed by atoms with Crippen molar-refractivity contribution in [1.29, 1.82) is 0 Å². The van der Waals surface area contributed by atoms with Crippen molar-refractivity contribution in [3.63, 3.8) is 0 Å². The molecule has 2 aromatic heterocycles. The van der Waals surface area contributed by atoms with Crippen molar-refractivity contribution in [3.8, 4) is 0 Å². The molecule has 2 aromatic rings. The Kier molecular flexibility index (Phi) is 6.43. The fourth-order valence-corrected chi connectivity index (χ4v) is 1.43. The molecule has 84 valence electrons. The molecule has 0 aliphatic heterocycles. The average Bonchev–Trinajstić information content (AvgIpc) is 2.61. The van der Waals surface area contributed by atoms with Crippen LogP contribution in [0.25, 0.3) is 10.9 Å². The first-order valence-electron chi connectivity index (χ1n) is 5.64. The van der Waals surface area contributed by atoms with Gasteiger partial charge in [-0.25, -0.2) is 0 Å². The highest BCUT2D eigenvalue weighted by Crippen LogP contribution is 2.17. The van der Waals surface area contributed by atoms with Gasteiger partial charge in [0, 0.05) is 31.0 Å². The minimum Gasteiger partial charge on any atom is -0.350 e. The lowest BCUT2D eigenvalue weighted by atomic mass is 10.2. The molecule has 0 spiro atoms. The Morgan fingerprint density at radius 1 is 1.13 bits per heavy atom. The smallest absolute Gasteiger partial charge is 0.0511 e. The van der Waals surface area contributed by atoms with Crippen molar-refractivity contribution in [3.05, 3.63) is 30.2 Å². The van der Waals surface area contributed by atoms with Crippen LogP contribution in [0.2, 0.25) is 0 Å². The fourth-order valence-electron chi connectivity index (χ4n) is 1.43. The van der Waals surface area contributed by atoms with E-state index in [0.717, 1.165) is 0 Å². The maximum absolute atomic E-state index is 4.07. The molecule has 2 heterocycles. The van der Waals surface area contributed by atoms with E-state index in [0.29, 0.717) is 0 Å². The van der Waals surface area contributed by atoms with E-state index < -0.39 is 0 Å². The molecule has 15 heavy (non-hydrogen) atoms. The first-order chi connectivity index (χ1) is 7.29. The number of rotatable bonds is 0.